The molecule has 0 aromatic heterocycles. The Hall–Kier alpha value is -1.26. The Kier molecular flexibility index (Phi) is 2.68. The molecule has 0 bridgehead atoms. The summed E-state index contributed by atoms with van der Waals surface area (Å²) < 4.78 is 17.9. The van der Waals surface area contributed by atoms with Gasteiger partial charge in [0, 0.05) is 39.4 Å². The number of hydrogen-bond acceptors (Lipinski definition) is 3. The van der Waals surface area contributed by atoms with Gasteiger partial charge in [-0.2, -0.15) is 0 Å². The molecule has 2 aliphatic rings. The largest absolute Gasteiger partial charge is 0.208 e. The van der Waals surface area contributed by atoms with Crippen LogP contribution in [0.5, 0.6) is 0 Å². The molecule has 17 heavy (non-hydrogen) atoms. The lowest BCUT2D eigenvalue weighted by Gasteiger charge is -2.13. The lowest BCUT2D eigenvalue weighted by Crippen LogP contribution is -2.32. The number of thiocarbonyl (C=S) groups is 1. The quantitative estimate of drug-likeness (QED) is 0.525. The van der Waals surface area contributed by atoms with Crippen LogP contribution in [0.4, 0.5) is 4.39 Å². The smallest absolute Gasteiger partial charge is 0.150 e. The summed E-state index contributed by atoms with van der Waals surface area (Å²) in [4.78, 5) is 0.850. The molecule has 1 aromatic rings. The third-order valence-corrected chi connectivity index (χ3v) is 3.77. The summed E-state index contributed by atoms with van der Waals surface area (Å²) in [5.74, 6) is -0.297. The van der Waals surface area contributed by atoms with Crippen LogP contribution in [0.1, 0.15) is 6.42 Å². The van der Waals surface area contributed by atoms with Gasteiger partial charge in [0.2, 0.25) is 0 Å². The van der Waals surface area contributed by atoms with Crippen molar-refractivity contribution in [1.82, 2.24) is 0 Å². The molecule has 3 rings (SSSR count). The van der Waals surface area contributed by atoms with Gasteiger partial charge in [0.05, 0.1) is 0 Å². The summed E-state index contributed by atoms with van der Waals surface area (Å²) in [7, 11) is 0. The second-order valence-corrected chi connectivity index (χ2v) is 4.93. The van der Waals surface area contributed by atoms with Crippen molar-refractivity contribution in [2.24, 2.45) is 4.40 Å². The van der Waals surface area contributed by atoms with Crippen molar-refractivity contribution in [1.29, 1.82) is 0 Å². The lowest BCUT2D eigenvalue weighted by molar-refractivity contribution is 0.612. The molecule has 4 heteroatoms. The highest BCUT2D eigenvalue weighted by Gasteiger charge is 2.16. The normalized spacial score (nSPS) is 17.8. The number of nitrogens with zero attached hydrogens (tertiary/aromatic N) is 1. The molecule has 0 amide bonds. The molecule has 1 aliphatic carbocycles. The van der Waals surface area contributed by atoms with E-state index in [1.54, 1.807) is 6.07 Å². The Labute approximate surface area is 108 Å². The van der Waals surface area contributed by atoms with Crippen molar-refractivity contribution >= 4 is 34.6 Å². The van der Waals surface area contributed by atoms with Crippen molar-refractivity contribution in [3.05, 3.63) is 57.7 Å². The molecule has 0 saturated carbocycles. The molecule has 0 fully saturated rings. The third-order valence-electron chi connectivity index (χ3n) is 2.75. The zero-order valence-corrected chi connectivity index (χ0v) is 10.4. The maximum Gasteiger partial charge on any atom is 0.150 e. The zero-order valence-electron chi connectivity index (χ0n) is 8.81. The van der Waals surface area contributed by atoms with E-state index in [9.17, 15) is 4.39 Å². The van der Waals surface area contributed by atoms with Crippen LogP contribution in [0.2, 0.25) is 0 Å². The van der Waals surface area contributed by atoms with Crippen LogP contribution in [0.15, 0.2) is 45.7 Å². The van der Waals surface area contributed by atoms with Crippen LogP contribution in [-0.4, -0.2) is 4.86 Å². The van der Waals surface area contributed by atoms with E-state index in [0.29, 0.717) is 5.36 Å². The van der Waals surface area contributed by atoms with E-state index in [0.717, 1.165) is 27.7 Å². The van der Waals surface area contributed by atoms with Gasteiger partial charge in [-0.05, 0) is 11.6 Å². The molecular formula is C13H8FNS2. The number of rotatable bonds is 0. The lowest BCUT2D eigenvalue weighted by atomic mass is 9.94. The van der Waals surface area contributed by atoms with Gasteiger partial charge in [-0.1, -0.05) is 36.5 Å². The number of hydrogen-bond donors (Lipinski definition) is 0. The van der Waals surface area contributed by atoms with Gasteiger partial charge in [-0.25, -0.2) is 8.79 Å². The van der Waals surface area contributed by atoms with E-state index in [1.807, 2.05) is 23.6 Å². The molecule has 1 nitrogen and oxygen atoms in total. The Morgan fingerprint density at radius 3 is 3.12 bits per heavy atom. The Morgan fingerprint density at radius 2 is 2.24 bits per heavy atom. The van der Waals surface area contributed by atoms with Crippen LogP contribution in [0.3, 0.4) is 0 Å². The molecule has 0 unspecified atom stereocenters. The van der Waals surface area contributed by atoms with E-state index < -0.39 is 0 Å². The van der Waals surface area contributed by atoms with Crippen LogP contribution in [0, 0.1) is 5.82 Å². The van der Waals surface area contributed by atoms with Gasteiger partial charge in [0.15, 0.2) is 0 Å². The average molecular weight is 261 g/mol. The first-order valence-electron chi connectivity index (χ1n) is 5.20. The molecular weight excluding hydrogens is 253 g/mol. The van der Waals surface area contributed by atoms with Crippen molar-refractivity contribution in [2.45, 2.75) is 6.42 Å². The second-order valence-electron chi connectivity index (χ2n) is 3.81. The van der Waals surface area contributed by atoms with Gasteiger partial charge >= 0.3 is 0 Å². The summed E-state index contributed by atoms with van der Waals surface area (Å²) in [6, 6.07) is 5.00. The van der Waals surface area contributed by atoms with Crippen molar-refractivity contribution < 1.29 is 4.39 Å². The summed E-state index contributed by atoms with van der Waals surface area (Å²) in [6.07, 6.45) is 4.79. The maximum absolute atomic E-state index is 13.7. The van der Waals surface area contributed by atoms with Gasteiger partial charge < -0.3 is 0 Å². The highest BCUT2D eigenvalue weighted by atomic mass is 32.2. The fourth-order valence-corrected chi connectivity index (χ4v) is 2.97. The molecule has 0 N–H and O–H groups in total. The van der Waals surface area contributed by atoms with Crippen molar-refractivity contribution in [2.75, 3.05) is 0 Å². The zero-order chi connectivity index (χ0) is 11.8. The molecule has 0 radical (unpaired) electrons. The minimum atomic E-state index is -0.297. The molecule has 84 valence electrons. The van der Waals surface area contributed by atoms with Gasteiger partial charge in [0.1, 0.15) is 11.2 Å². The van der Waals surface area contributed by atoms with Gasteiger partial charge in [0.25, 0.3) is 0 Å². The predicted octanol–water partition coefficient (Wildman–Crippen LogP) is 2.47. The first kappa shape index (κ1) is 10.9. The Balaban J connectivity index is 2.49. The second kappa shape index (κ2) is 4.20. The number of benzene rings is 1. The predicted molar refractivity (Wildman–Crippen MR) is 72.6 cm³/mol. The van der Waals surface area contributed by atoms with Crippen LogP contribution in [-0.2, 0) is 0 Å². The monoisotopic (exact) mass is 261 g/mol. The molecule has 0 saturated heterocycles. The highest BCUT2D eigenvalue weighted by Crippen LogP contribution is 2.25. The van der Waals surface area contributed by atoms with Crippen LogP contribution in [0.25, 0.3) is 5.57 Å². The Bertz CT molecular complexity index is 686. The SMILES string of the molecule is Fc1cccc2c1=NSC=C1C=CCC(=S)C=21. The summed E-state index contributed by atoms with van der Waals surface area (Å²) in [5, 5.41) is 3.11. The molecule has 1 heterocycles. The fourth-order valence-electron chi connectivity index (χ4n) is 1.99. The molecule has 0 spiro atoms. The minimum absolute atomic E-state index is 0.297. The average Bonchev–Trinajstić information content (AvgIpc) is 2.50. The maximum atomic E-state index is 13.7. The van der Waals surface area contributed by atoms with Gasteiger partial charge in [-0.15, -0.1) is 0 Å². The van der Waals surface area contributed by atoms with E-state index >= 15 is 0 Å². The van der Waals surface area contributed by atoms with Crippen molar-refractivity contribution in [3.63, 3.8) is 0 Å². The molecule has 1 aromatic carbocycles. The fraction of sp³-hybridized carbons (Fsp3) is 0.0769. The van der Waals surface area contributed by atoms with E-state index in [1.165, 1.54) is 18.0 Å². The van der Waals surface area contributed by atoms with E-state index in [4.69, 9.17) is 12.2 Å². The highest BCUT2D eigenvalue weighted by molar-refractivity contribution is 8.00. The first-order chi connectivity index (χ1) is 8.27. The first-order valence-corrected chi connectivity index (χ1v) is 6.45. The summed E-state index contributed by atoms with van der Waals surface area (Å²) in [5.41, 5.74) is 1.98. The molecule has 0 atom stereocenters. The minimum Gasteiger partial charge on any atom is -0.208 e. The Morgan fingerprint density at radius 1 is 1.35 bits per heavy atom. The summed E-state index contributed by atoms with van der Waals surface area (Å²) >= 11 is 6.63. The van der Waals surface area contributed by atoms with Crippen LogP contribution < -0.4 is 10.6 Å². The van der Waals surface area contributed by atoms with Crippen molar-refractivity contribution in [3.8, 4) is 0 Å². The number of allylic oxidation sites excluding steroid dienone is 3. The topological polar surface area (TPSA) is 12.4 Å². The number of halogens is 1. The summed E-state index contributed by atoms with van der Waals surface area (Å²) in [6.45, 7) is 0. The molecule has 1 aliphatic heterocycles. The van der Waals surface area contributed by atoms with E-state index in [-0.39, 0.29) is 5.82 Å². The standard InChI is InChI=1S/C13H8FNS2/c14-10-5-2-4-9-12-8(3-1-6-11(12)16)7-17-15-13(9)10/h1-5,7H,6H2. The van der Waals surface area contributed by atoms with Gasteiger partial charge in [-0.3, -0.25) is 0 Å². The number of fused-ring (bicyclic) bond motifs is 2. The third kappa shape index (κ3) is 1.77. The van der Waals surface area contributed by atoms with Crippen LogP contribution >= 0.6 is 24.2 Å². The van der Waals surface area contributed by atoms with E-state index in [2.05, 4.69) is 4.40 Å².